The molecule has 0 saturated heterocycles. The lowest BCUT2D eigenvalue weighted by molar-refractivity contribution is 0.102. The van der Waals surface area contributed by atoms with Gasteiger partial charge in [-0.2, -0.15) is 9.90 Å². The van der Waals surface area contributed by atoms with Crippen molar-refractivity contribution in [3.63, 3.8) is 0 Å². The van der Waals surface area contributed by atoms with Crippen molar-refractivity contribution in [2.75, 3.05) is 5.32 Å². The number of para-hydroxylation sites is 1. The highest BCUT2D eigenvalue weighted by Gasteiger charge is 2.18. The van der Waals surface area contributed by atoms with Crippen LogP contribution < -0.4 is 5.32 Å². The van der Waals surface area contributed by atoms with Crippen molar-refractivity contribution < 1.29 is 4.79 Å². The molecule has 0 aliphatic carbocycles. The normalized spacial score (nSPS) is 10.9. The van der Waals surface area contributed by atoms with Crippen LogP contribution in [0.3, 0.4) is 0 Å². The van der Waals surface area contributed by atoms with E-state index in [2.05, 4.69) is 29.4 Å². The van der Waals surface area contributed by atoms with Crippen LogP contribution in [0, 0.1) is 6.92 Å². The van der Waals surface area contributed by atoms with Crippen LogP contribution in [0.1, 0.15) is 41.5 Å². The van der Waals surface area contributed by atoms with Crippen molar-refractivity contribution in [1.29, 1.82) is 0 Å². The van der Waals surface area contributed by atoms with Gasteiger partial charge in [0, 0.05) is 10.7 Å². The predicted octanol–water partition coefficient (Wildman–Crippen LogP) is 4.60. The molecule has 0 radical (unpaired) electrons. The average molecular weight is 355 g/mol. The van der Waals surface area contributed by atoms with Gasteiger partial charge in [-0.05, 0) is 42.7 Å². The van der Waals surface area contributed by atoms with Crippen molar-refractivity contribution in [2.24, 2.45) is 0 Å². The molecule has 0 bridgehead atoms. The van der Waals surface area contributed by atoms with Crippen molar-refractivity contribution in [2.45, 2.75) is 26.7 Å². The quantitative estimate of drug-likeness (QED) is 0.744. The Hall–Kier alpha value is -2.66. The molecular weight excluding hydrogens is 336 g/mol. The van der Waals surface area contributed by atoms with E-state index in [1.54, 1.807) is 19.1 Å². The van der Waals surface area contributed by atoms with E-state index in [0.29, 0.717) is 28.0 Å². The van der Waals surface area contributed by atoms with Crippen LogP contribution >= 0.6 is 11.6 Å². The number of hydrogen-bond acceptors (Lipinski definition) is 3. The van der Waals surface area contributed by atoms with Crippen molar-refractivity contribution in [3.8, 4) is 5.69 Å². The van der Waals surface area contributed by atoms with Gasteiger partial charge in [-0.15, -0.1) is 5.10 Å². The van der Waals surface area contributed by atoms with Gasteiger partial charge in [-0.3, -0.25) is 4.79 Å². The lowest BCUT2D eigenvalue weighted by Gasteiger charge is -2.12. The summed E-state index contributed by atoms with van der Waals surface area (Å²) in [6.45, 7) is 5.94. The highest BCUT2D eigenvalue weighted by Crippen LogP contribution is 2.24. The van der Waals surface area contributed by atoms with Crippen LogP contribution in [0.4, 0.5) is 5.69 Å². The minimum absolute atomic E-state index is 0.279. The molecule has 128 valence electrons. The number of carbonyl (C=O) groups excluding carboxylic acids is 1. The van der Waals surface area contributed by atoms with Gasteiger partial charge in [0.1, 0.15) is 0 Å². The third-order valence-electron chi connectivity index (χ3n) is 3.87. The maximum atomic E-state index is 12.7. The number of aryl methyl sites for hydroxylation is 1. The average Bonchev–Trinajstić information content (AvgIpc) is 2.97. The van der Waals surface area contributed by atoms with Gasteiger partial charge in [0.2, 0.25) is 0 Å². The molecule has 0 unspecified atom stereocenters. The van der Waals surface area contributed by atoms with Crippen LogP contribution in [0.15, 0.2) is 48.5 Å². The number of halogens is 1. The predicted molar refractivity (Wildman–Crippen MR) is 99.6 cm³/mol. The number of benzene rings is 2. The van der Waals surface area contributed by atoms with Crippen LogP contribution in [-0.2, 0) is 0 Å². The van der Waals surface area contributed by atoms with Crippen LogP contribution in [0.25, 0.3) is 5.69 Å². The van der Waals surface area contributed by atoms with E-state index in [1.165, 1.54) is 4.80 Å². The fourth-order valence-corrected chi connectivity index (χ4v) is 2.78. The number of nitrogens with zero attached hydrogens (tertiary/aromatic N) is 3. The zero-order valence-corrected chi connectivity index (χ0v) is 15.1. The topological polar surface area (TPSA) is 59.8 Å². The molecule has 0 atom stereocenters. The highest BCUT2D eigenvalue weighted by atomic mass is 35.5. The Kier molecular flexibility index (Phi) is 4.86. The Labute approximate surface area is 151 Å². The van der Waals surface area contributed by atoms with Crippen molar-refractivity contribution in [1.82, 2.24) is 15.0 Å². The Morgan fingerprint density at radius 2 is 1.88 bits per heavy atom. The molecule has 0 spiro atoms. The monoisotopic (exact) mass is 354 g/mol. The molecule has 1 amide bonds. The number of rotatable bonds is 4. The van der Waals surface area contributed by atoms with E-state index in [9.17, 15) is 4.79 Å². The van der Waals surface area contributed by atoms with Gasteiger partial charge in [0.15, 0.2) is 5.69 Å². The SMILES string of the molecule is Cc1nn(-c2cccc(Cl)c2)nc1C(=O)Nc1ccccc1C(C)C. The van der Waals surface area contributed by atoms with Gasteiger partial charge in [-0.1, -0.05) is 49.7 Å². The molecule has 1 heterocycles. The summed E-state index contributed by atoms with van der Waals surface area (Å²) in [6, 6.07) is 14.9. The second-order valence-electron chi connectivity index (χ2n) is 6.10. The third-order valence-corrected chi connectivity index (χ3v) is 4.10. The largest absolute Gasteiger partial charge is 0.320 e. The second-order valence-corrected chi connectivity index (χ2v) is 6.54. The fourth-order valence-electron chi connectivity index (χ4n) is 2.60. The zero-order chi connectivity index (χ0) is 18.0. The molecule has 5 nitrogen and oxygen atoms in total. The van der Waals surface area contributed by atoms with Gasteiger partial charge >= 0.3 is 0 Å². The summed E-state index contributed by atoms with van der Waals surface area (Å²) in [5.74, 6) is 0.0265. The van der Waals surface area contributed by atoms with Gasteiger partial charge in [0.05, 0.1) is 11.4 Å². The number of aromatic nitrogens is 3. The van der Waals surface area contributed by atoms with E-state index in [1.807, 2.05) is 36.4 Å². The molecule has 2 aromatic carbocycles. The minimum Gasteiger partial charge on any atom is -0.320 e. The first-order valence-corrected chi connectivity index (χ1v) is 8.43. The first kappa shape index (κ1) is 17.2. The molecule has 3 rings (SSSR count). The third kappa shape index (κ3) is 3.72. The molecule has 1 aromatic heterocycles. The summed E-state index contributed by atoms with van der Waals surface area (Å²) in [5, 5.41) is 12.2. The minimum atomic E-state index is -0.279. The first-order chi connectivity index (χ1) is 12.0. The molecular formula is C19H19ClN4O. The van der Waals surface area contributed by atoms with Crippen LogP contribution in [-0.4, -0.2) is 20.9 Å². The highest BCUT2D eigenvalue weighted by molar-refractivity contribution is 6.30. The van der Waals surface area contributed by atoms with Crippen LogP contribution in [0.5, 0.6) is 0 Å². The maximum absolute atomic E-state index is 12.7. The van der Waals surface area contributed by atoms with Gasteiger partial charge in [-0.25, -0.2) is 0 Å². The van der Waals surface area contributed by atoms with Crippen LogP contribution in [0.2, 0.25) is 5.02 Å². The summed E-state index contributed by atoms with van der Waals surface area (Å²) in [7, 11) is 0. The van der Waals surface area contributed by atoms with Gasteiger partial charge in [0.25, 0.3) is 5.91 Å². The van der Waals surface area contributed by atoms with Crippen molar-refractivity contribution >= 4 is 23.2 Å². The van der Waals surface area contributed by atoms with Crippen molar-refractivity contribution in [3.05, 3.63) is 70.5 Å². The summed E-state index contributed by atoms with van der Waals surface area (Å²) in [4.78, 5) is 14.1. The maximum Gasteiger partial charge on any atom is 0.278 e. The Bertz CT molecular complexity index is 917. The zero-order valence-electron chi connectivity index (χ0n) is 14.3. The Morgan fingerprint density at radius 3 is 2.60 bits per heavy atom. The Morgan fingerprint density at radius 1 is 1.12 bits per heavy atom. The van der Waals surface area contributed by atoms with E-state index >= 15 is 0 Å². The molecule has 0 aliphatic rings. The van der Waals surface area contributed by atoms with E-state index < -0.39 is 0 Å². The fraction of sp³-hybridized carbons (Fsp3) is 0.211. The first-order valence-electron chi connectivity index (χ1n) is 8.06. The molecule has 6 heteroatoms. The number of nitrogens with one attached hydrogen (secondary N) is 1. The standard InChI is InChI=1S/C19H19ClN4O/c1-12(2)16-9-4-5-10-17(16)21-19(25)18-13(3)22-24(23-18)15-8-6-7-14(20)11-15/h4-12H,1-3H3,(H,21,25). The van der Waals surface area contributed by atoms with Gasteiger partial charge < -0.3 is 5.32 Å². The Balaban J connectivity index is 1.89. The summed E-state index contributed by atoms with van der Waals surface area (Å²) in [6.07, 6.45) is 0. The summed E-state index contributed by atoms with van der Waals surface area (Å²) in [5.41, 5.74) is 3.42. The van der Waals surface area contributed by atoms with E-state index in [0.717, 1.165) is 11.3 Å². The molecule has 3 aromatic rings. The lowest BCUT2D eigenvalue weighted by Crippen LogP contribution is -2.15. The molecule has 0 saturated carbocycles. The number of amides is 1. The van der Waals surface area contributed by atoms with E-state index in [4.69, 9.17) is 11.6 Å². The second kappa shape index (κ2) is 7.07. The number of anilines is 1. The smallest absolute Gasteiger partial charge is 0.278 e. The van der Waals surface area contributed by atoms with E-state index in [-0.39, 0.29) is 5.91 Å². The lowest BCUT2D eigenvalue weighted by atomic mass is 10.0. The number of carbonyl (C=O) groups is 1. The molecule has 25 heavy (non-hydrogen) atoms. The number of hydrogen-bond donors (Lipinski definition) is 1. The summed E-state index contributed by atoms with van der Waals surface area (Å²) >= 11 is 6.01. The molecule has 0 aliphatic heterocycles. The molecule has 1 N–H and O–H groups in total. The molecule has 0 fully saturated rings. The summed E-state index contributed by atoms with van der Waals surface area (Å²) < 4.78 is 0.